The summed E-state index contributed by atoms with van der Waals surface area (Å²) in [7, 11) is 0. The number of carbonyl (C=O) groups is 2. The molecule has 4 nitrogen and oxygen atoms in total. The fraction of sp³-hybridized carbons (Fsp3) is 0.939. The zero-order chi connectivity index (χ0) is 28.7. The molecule has 0 saturated carbocycles. The van der Waals surface area contributed by atoms with E-state index in [1.807, 2.05) is 23.5 Å². The van der Waals surface area contributed by atoms with Crippen LogP contribution in [0.3, 0.4) is 0 Å². The van der Waals surface area contributed by atoms with Crippen molar-refractivity contribution in [3.05, 3.63) is 0 Å². The van der Waals surface area contributed by atoms with Crippen LogP contribution in [0.15, 0.2) is 0 Å². The van der Waals surface area contributed by atoms with Crippen molar-refractivity contribution in [3.8, 4) is 0 Å². The van der Waals surface area contributed by atoms with Crippen LogP contribution in [0.1, 0.15) is 162 Å². The molecule has 0 saturated heterocycles. The maximum atomic E-state index is 12.0. The lowest BCUT2D eigenvalue weighted by Gasteiger charge is -2.13. The maximum Gasteiger partial charge on any atom is 0.307 e. The number of rotatable bonds is 31. The number of carbonyl (C=O) groups excluding carboxylic acids is 2. The molecule has 232 valence electrons. The number of hydrogen-bond acceptors (Lipinski definition) is 6. The van der Waals surface area contributed by atoms with Crippen molar-refractivity contribution in [1.82, 2.24) is 0 Å². The molecule has 0 spiro atoms. The SMILES string of the molecule is CCCCCCCCCCCCSCCC(=O)OCC(C)OC(=O)CCSCCCCCCCCCCCC. The van der Waals surface area contributed by atoms with Gasteiger partial charge in [-0.3, -0.25) is 9.59 Å². The molecule has 0 aromatic heterocycles. The molecule has 0 aromatic carbocycles. The quantitative estimate of drug-likeness (QED) is 0.0593. The van der Waals surface area contributed by atoms with Gasteiger partial charge in [0.2, 0.25) is 0 Å². The molecule has 0 bridgehead atoms. The van der Waals surface area contributed by atoms with Gasteiger partial charge in [0.25, 0.3) is 0 Å². The molecule has 39 heavy (non-hydrogen) atoms. The van der Waals surface area contributed by atoms with Gasteiger partial charge in [-0.1, -0.05) is 129 Å². The van der Waals surface area contributed by atoms with Crippen LogP contribution in [0.2, 0.25) is 0 Å². The van der Waals surface area contributed by atoms with Crippen molar-refractivity contribution in [2.45, 2.75) is 168 Å². The number of hydrogen-bond donors (Lipinski definition) is 0. The largest absolute Gasteiger partial charge is 0.462 e. The summed E-state index contributed by atoms with van der Waals surface area (Å²) in [4.78, 5) is 24.0. The van der Waals surface area contributed by atoms with Crippen LogP contribution in [0, 0.1) is 0 Å². The molecule has 1 atom stereocenters. The summed E-state index contributed by atoms with van der Waals surface area (Å²) in [6, 6.07) is 0. The predicted molar refractivity (Wildman–Crippen MR) is 174 cm³/mol. The minimum Gasteiger partial charge on any atom is -0.462 e. The normalized spacial score (nSPS) is 12.0. The Balaban J connectivity index is 3.40. The summed E-state index contributed by atoms with van der Waals surface area (Å²) >= 11 is 3.68. The lowest BCUT2D eigenvalue weighted by molar-refractivity contribution is -0.157. The molecule has 0 rings (SSSR count). The van der Waals surface area contributed by atoms with Gasteiger partial charge in [0.05, 0.1) is 12.8 Å². The first-order valence-electron chi connectivity index (χ1n) is 16.6. The molecule has 0 aliphatic carbocycles. The zero-order valence-electron chi connectivity index (χ0n) is 26.1. The van der Waals surface area contributed by atoms with Gasteiger partial charge in [-0.25, -0.2) is 0 Å². The lowest BCUT2D eigenvalue weighted by atomic mass is 10.1. The third-order valence-electron chi connectivity index (χ3n) is 7.00. The zero-order valence-corrected chi connectivity index (χ0v) is 27.8. The number of esters is 2. The van der Waals surface area contributed by atoms with E-state index < -0.39 is 0 Å². The standard InChI is InChI=1S/C33H64O4S2/c1-4-6-8-10-12-14-16-18-20-22-26-38-28-24-32(34)36-30-31(3)37-33(35)25-29-39-27-23-21-19-17-15-13-11-9-7-5-2/h31H,4-30H2,1-3H3. The first-order valence-corrected chi connectivity index (χ1v) is 18.9. The second-order valence-corrected chi connectivity index (χ2v) is 13.5. The summed E-state index contributed by atoms with van der Waals surface area (Å²) in [5, 5.41) is 0. The van der Waals surface area contributed by atoms with E-state index in [0.29, 0.717) is 12.8 Å². The number of thioether (sulfide) groups is 2. The Morgan fingerprint density at radius 2 is 0.872 bits per heavy atom. The molecule has 0 N–H and O–H groups in total. The molecular formula is C33H64O4S2. The van der Waals surface area contributed by atoms with Gasteiger partial charge in [-0.2, -0.15) is 23.5 Å². The smallest absolute Gasteiger partial charge is 0.307 e. The predicted octanol–water partition coefficient (Wildman–Crippen LogP) is 10.5. The van der Waals surface area contributed by atoms with E-state index >= 15 is 0 Å². The van der Waals surface area contributed by atoms with Gasteiger partial charge < -0.3 is 9.47 Å². The van der Waals surface area contributed by atoms with Crippen LogP contribution in [0.25, 0.3) is 0 Å². The third-order valence-corrected chi connectivity index (χ3v) is 9.14. The molecule has 6 heteroatoms. The van der Waals surface area contributed by atoms with Gasteiger partial charge in [-0.15, -0.1) is 0 Å². The Kier molecular flexibility index (Phi) is 31.9. The lowest BCUT2D eigenvalue weighted by Crippen LogP contribution is -2.22. The monoisotopic (exact) mass is 588 g/mol. The van der Waals surface area contributed by atoms with Crippen LogP contribution in [-0.2, 0) is 19.1 Å². The van der Waals surface area contributed by atoms with Crippen LogP contribution < -0.4 is 0 Å². The maximum absolute atomic E-state index is 12.0. The first-order chi connectivity index (χ1) is 19.1. The Labute approximate surface area is 251 Å². The van der Waals surface area contributed by atoms with Crippen molar-refractivity contribution < 1.29 is 19.1 Å². The van der Waals surface area contributed by atoms with Gasteiger partial charge in [-0.05, 0) is 31.3 Å². The van der Waals surface area contributed by atoms with E-state index in [1.54, 1.807) is 6.92 Å². The molecular weight excluding hydrogens is 524 g/mol. The van der Waals surface area contributed by atoms with Crippen LogP contribution >= 0.6 is 23.5 Å². The summed E-state index contributed by atoms with van der Waals surface area (Å²) in [6.45, 7) is 6.48. The van der Waals surface area contributed by atoms with Crippen molar-refractivity contribution >= 4 is 35.5 Å². The topological polar surface area (TPSA) is 52.6 Å². The fourth-order valence-electron chi connectivity index (χ4n) is 4.50. The average Bonchev–Trinajstić information content (AvgIpc) is 2.92. The van der Waals surface area contributed by atoms with E-state index in [-0.39, 0.29) is 24.6 Å². The molecule has 0 fully saturated rings. The molecule has 0 radical (unpaired) electrons. The van der Waals surface area contributed by atoms with Gasteiger partial charge in [0.15, 0.2) is 0 Å². The Morgan fingerprint density at radius 3 is 1.28 bits per heavy atom. The summed E-state index contributed by atoms with van der Waals surface area (Å²) in [5.74, 6) is 3.46. The van der Waals surface area contributed by atoms with Crippen LogP contribution in [0.4, 0.5) is 0 Å². The minimum atomic E-state index is -0.382. The summed E-state index contributed by atoms with van der Waals surface area (Å²) in [5.41, 5.74) is 0. The van der Waals surface area contributed by atoms with Gasteiger partial charge >= 0.3 is 11.9 Å². The average molecular weight is 589 g/mol. The number of ether oxygens (including phenoxy) is 2. The van der Waals surface area contributed by atoms with Crippen LogP contribution in [-0.4, -0.2) is 47.7 Å². The Hall–Kier alpha value is -0.360. The molecule has 0 aromatic rings. The molecule has 0 aliphatic rings. The van der Waals surface area contributed by atoms with Gasteiger partial charge in [0, 0.05) is 11.5 Å². The second kappa shape index (κ2) is 32.2. The molecule has 0 amide bonds. The highest BCUT2D eigenvalue weighted by atomic mass is 32.2. The number of unbranched alkanes of at least 4 members (excludes halogenated alkanes) is 18. The second-order valence-electron chi connectivity index (χ2n) is 11.1. The van der Waals surface area contributed by atoms with Crippen molar-refractivity contribution in [2.75, 3.05) is 29.6 Å². The van der Waals surface area contributed by atoms with Crippen molar-refractivity contribution in [3.63, 3.8) is 0 Å². The highest BCUT2D eigenvalue weighted by Crippen LogP contribution is 2.14. The Morgan fingerprint density at radius 1 is 0.513 bits per heavy atom. The molecule has 0 aliphatic heterocycles. The van der Waals surface area contributed by atoms with E-state index in [1.165, 1.54) is 128 Å². The van der Waals surface area contributed by atoms with E-state index in [2.05, 4.69) is 13.8 Å². The first kappa shape index (κ1) is 38.6. The van der Waals surface area contributed by atoms with Crippen molar-refractivity contribution in [1.29, 1.82) is 0 Å². The van der Waals surface area contributed by atoms with E-state index in [4.69, 9.17) is 9.47 Å². The third kappa shape index (κ3) is 32.0. The van der Waals surface area contributed by atoms with E-state index in [0.717, 1.165) is 23.0 Å². The molecule has 0 heterocycles. The van der Waals surface area contributed by atoms with E-state index in [9.17, 15) is 9.59 Å². The minimum absolute atomic E-state index is 0.152. The molecule has 1 unspecified atom stereocenters. The highest BCUT2D eigenvalue weighted by Gasteiger charge is 2.12. The van der Waals surface area contributed by atoms with Crippen LogP contribution in [0.5, 0.6) is 0 Å². The summed E-state index contributed by atoms with van der Waals surface area (Å²) < 4.78 is 10.7. The highest BCUT2D eigenvalue weighted by molar-refractivity contribution is 7.99. The van der Waals surface area contributed by atoms with Gasteiger partial charge in [0.1, 0.15) is 12.7 Å². The Bertz CT molecular complexity index is 530. The fourth-order valence-corrected chi connectivity index (χ4v) is 6.34. The van der Waals surface area contributed by atoms with Crippen molar-refractivity contribution in [2.24, 2.45) is 0 Å². The summed E-state index contributed by atoms with van der Waals surface area (Å²) in [6.07, 6.45) is 27.5.